The van der Waals surface area contributed by atoms with Crippen molar-refractivity contribution in [3.05, 3.63) is 23.1 Å². The molecule has 1 N–H and O–H groups in total. The minimum absolute atomic E-state index is 0.0858. The van der Waals surface area contributed by atoms with Gasteiger partial charge >= 0.3 is 18.5 Å². The van der Waals surface area contributed by atoms with Gasteiger partial charge in [0.25, 0.3) is 0 Å². The average molecular weight is 307 g/mol. The van der Waals surface area contributed by atoms with E-state index in [2.05, 4.69) is 9.72 Å². The second-order valence-corrected chi connectivity index (χ2v) is 3.41. The summed E-state index contributed by atoms with van der Waals surface area (Å²) in [6.45, 7) is 0. The minimum Gasteiger partial charge on any atom is -0.481 e. The first kappa shape index (κ1) is 16.0. The van der Waals surface area contributed by atoms with Gasteiger partial charge in [-0.2, -0.15) is 22.5 Å². The quantitative estimate of drug-likeness (QED) is 0.689. The molecule has 0 unspecified atom stereocenters. The van der Waals surface area contributed by atoms with E-state index in [0.29, 0.717) is 0 Å². The number of ether oxygens (including phenoxy) is 1. The molecular formula is C9H4F7NO3. The van der Waals surface area contributed by atoms with Crippen LogP contribution < -0.4 is 4.74 Å². The molecule has 0 amide bonds. The Morgan fingerprint density at radius 2 is 1.80 bits per heavy atom. The monoisotopic (exact) mass is 307 g/mol. The van der Waals surface area contributed by atoms with Crippen molar-refractivity contribution in [3.8, 4) is 5.88 Å². The largest absolute Gasteiger partial charge is 0.574 e. The van der Waals surface area contributed by atoms with E-state index >= 15 is 0 Å². The Balaban J connectivity index is 3.37. The number of halogens is 7. The summed E-state index contributed by atoms with van der Waals surface area (Å²) in [6, 6.07) is -0.0858. The highest BCUT2D eigenvalue weighted by atomic mass is 19.4. The lowest BCUT2D eigenvalue weighted by Gasteiger charge is -2.15. The first-order chi connectivity index (χ1) is 8.90. The summed E-state index contributed by atoms with van der Waals surface area (Å²) >= 11 is 0. The number of carboxylic acids is 1. The summed E-state index contributed by atoms with van der Waals surface area (Å²) in [6.07, 6.45) is -12.0. The summed E-state index contributed by atoms with van der Waals surface area (Å²) in [4.78, 5) is 12.7. The van der Waals surface area contributed by atoms with E-state index in [9.17, 15) is 35.5 Å². The molecule has 1 rings (SSSR count). The summed E-state index contributed by atoms with van der Waals surface area (Å²) in [5.74, 6) is -5.50. The molecular weight excluding hydrogens is 303 g/mol. The fourth-order valence-electron chi connectivity index (χ4n) is 1.19. The molecule has 0 saturated heterocycles. The first-order valence-electron chi connectivity index (χ1n) is 4.64. The molecule has 0 atom stereocenters. The molecule has 0 radical (unpaired) electrons. The van der Waals surface area contributed by atoms with Gasteiger partial charge in [-0.15, -0.1) is 13.2 Å². The van der Waals surface area contributed by atoms with Gasteiger partial charge < -0.3 is 9.84 Å². The number of pyridine rings is 1. The third kappa shape index (κ3) is 4.24. The number of hydrogen-bond acceptors (Lipinski definition) is 3. The maximum atomic E-state index is 13.2. The van der Waals surface area contributed by atoms with E-state index in [-0.39, 0.29) is 6.07 Å². The lowest BCUT2D eigenvalue weighted by atomic mass is 10.1. The zero-order chi connectivity index (χ0) is 15.7. The van der Waals surface area contributed by atoms with Crippen molar-refractivity contribution in [3.63, 3.8) is 0 Å². The van der Waals surface area contributed by atoms with Gasteiger partial charge in [-0.3, -0.25) is 4.79 Å². The molecule has 0 aliphatic carbocycles. The Kier molecular flexibility index (Phi) is 4.10. The van der Waals surface area contributed by atoms with Crippen molar-refractivity contribution in [1.82, 2.24) is 4.98 Å². The van der Waals surface area contributed by atoms with Crippen LogP contribution in [-0.4, -0.2) is 22.4 Å². The highest BCUT2D eigenvalue weighted by molar-refractivity contribution is 5.70. The molecule has 1 aromatic rings. The minimum atomic E-state index is -5.51. The van der Waals surface area contributed by atoms with Crippen molar-refractivity contribution in [2.45, 2.75) is 19.0 Å². The Bertz CT molecular complexity index is 523. The average Bonchev–Trinajstić information content (AvgIpc) is 2.17. The number of nitrogens with zero attached hydrogens (tertiary/aromatic N) is 1. The fourth-order valence-corrected chi connectivity index (χ4v) is 1.19. The highest BCUT2D eigenvalue weighted by Gasteiger charge is 2.41. The Labute approximate surface area is 105 Å². The van der Waals surface area contributed by atoms with E-state index in [1.165, 1.54) is 0 Å². The van der Waals surface area contributed by atoms with Crippen molar-refractivity contribution in [2.75, 3.05) is 0 Å². The first-order valence-corrected chi connectivity index (χ1v) is 4.64. The topological polar surface area (TPSA) is 59.4 Å². The van der Waals surface area contributed by atoms with Crippen LogP contribution in [0.15, 0.2) is 6.07 Å². The third-order valence-corrected chi connectivity index (χ3v) is 1.87. The molecule has 112 valence electrons. The molecule has 11 heteroatoms. The van der Waals surface area contributed by atoms with E-state index < -0.39 is 47.9 Å². The number of aliphatic carboxylic acids is 1. The fraction of sp³-hybridized carbons (Fsp3) is 0.333. The second kappa shape index (κ2) is 5.13. The zero-order valence-electron chi connectivity index (χ0n) is 9.14. The van der Waals surface area contributed by atoms with Gasteiger partial charge in [-0.25, -0.2) is 0 Å². The predicted molar refractivity (Wildman–Crippen MR) is 47.2 cm³/mol. The SMILES string of the molecule is O=C(O)Cc1cc(C(F)(F)F)c(OC(F)(F)F)nc1F. The smallest absolute Gasteiger partial charge is 0.481 e. The molecule has 1 heterocycles. The molecule has 1 aromatic heterocycles. The second-order valence-electron chi connectivity index (χ2n) is 3.41. The normalized spacial score (nSPS) is 12.3. The summed E-state index contributed by atoms with van der Waals surface area (Å²) in [7, 11) is 0. The Hall–Kier alpha value is -2.07. The van der Waals surface area contributed by atoms with Crippen molar-refractivity contribution < 1.29 is 45.4 Å². The van der Waals surface area contributed by atoms with E-state index in [4.69, 9.17) is 5.11 Å². The highest BCUT2D eigenvalue weighted by Crippen LogP contribution is 2.38. The van der Waals surface area contributed by atoms with Gasteiger partial charge in [0.05, 0.1) is 6.42 Å². The van der Waals surface area contributed by atoms with E-state index in [1.807, 2.05) is 0 Å². The molecule has 0 aliphatic rings. The van der Waals surface area contributed by atoms with Crippen LogP contribution in [0, 0.1) is 5.95 Å². The summed E-state index contributed by atoms with van der Waals surface area (Å²) < 4.78 is 89.4. The summed E-state index contributed by atoms with van der Waals surface area (Å²) in [5, 5.41) is 8.35. The zero-order valence-corrected chi connectivity index (χ0v) is 9.14. The molecule has 4 nitrogen and oxygen atoms in total. The lowest BCUT2D eigenvalue weighted by Crippen LogP contribution is -2.22. The van der Waals surface area contributed by atoms with Gasteiger partial charge in [-0.1, -0.05) is 0 Å². The van der Waals surface area contributed by atoms with Crippen molar-refractivity contribution >= 4 is 5.97 Å². The van der Waals surface area contributed by atoms with Crippen LogP contribution >= 0.6 is 0 Å². The van der Waals surface area contributed by atoms with Crippen molar-refractivity contribution in [1.29, 1.82) is 0 Å². The van der Waals surface area contributed by atoms with Crippen molar-refractivity contribution in [2.24, 2.45) is 0 Å². The van der Waals surface area contributed by atoms with Crippen LogP contribution in [0.5, 0.6) is 5.88 Å². The molecule has 0 aromatic carbocycles. The number of alkyl halides is 6. The van der Waals surface area contributed by atoms with Gasteiger partial charge in [0.15, 0.2) is 0 Å². The Morgan fingerprint density at radius 3 is 2.20 bits per heavy atom. The molecule has 0 saturated carbocycles. The van der Waals surface area contributed by atoms with Gasteiger partial charge in [0.2, 0.25) is 11.8 Å². The van der Waals surface area contributed by atoms with Gasteiger partial charge in [-0.05, 0) is 6.07 Å². The molecule has 0 spiro atoms. The summed E-state index contributed by atoms with van der Waals surface area (Å²) in [5.41, 5.74) is -3.04. The maximum Gasteiger partial charge on any atom is 0.574 e. The number of aromatic nitrogens is 1. The molecule has 0 aliphatic heterocycles. The van der Waals surface area contributed by atoms with Crippen LogP contribution in [0.2, 0.25) is 0 Å². The molecule has 20 heavy (non-hydrogen) atoms. The van der Waals surface area contributed by atoms with Crippen LogP contribution in [0.1, 0.15) is 11.1 Å². The van der Waals surface area contributed by atoms with Crippen LogP contribution in [-0.2, 0) is 17.4 Å². The van der Waals surface area contributed by atoms with Gasteiger partial charge in [0, 0.05) is 5.56 Å². The van der Waals surface area contributed by atoms with Crippen LogP contribution in [0.3, 0.4) is 0 Å². The van der Waals surface area contributed by atoms with E-state index in [1.54, 1.807) is 0 Å². The molecule has 0 fully saturated rings. The predicted octanol–water partition coefficient (Wildman–Crippen LogP) is 2.77. The number of carboxylic acid groups (broad SMARTS) is 1. The number of hydrogen-bond donors (Lipinski definition) is 1. The third-order valence-electron chi connectivity index (χ3n) is 1.87. The van der Waals surface area contributed by atoms with Crippen LogP contribution in [0.4, 0.5) is 30.7 Å². The standard InChI is InChI=1S/C9H4F7NO3/c10-6-3(2-5(18)19)1-4(8(11,12)13)7(17-6)20-9(14,15)16/h1H,2H2,(H,18,19). The van der Waals surface area contributed by atoms with Crippen LogP contribution in [0.25, 0.3) is 0 Å². The maximum absolute atomic E-state index is 13.2. The number of rotatable bonds is 3. The van der Waals surface area contributed by atoms with E-state index in [0.717, 1.165) is 0 Å². The Morgan fingerprint density at radius 1 is 1.25 bits per heavy atom. The molecule has 0 bridgehead atoms. The van der Waals surface area contributed by atoms with Gasteiger partial charge in [0.1, 0.15) is 5.56 Å². The number of carbonyl (C=O) groups is 1. The lowest BCUT2D eigenvalue weighted by molar-refractivity contribution is -0.278.